The minimum atomic E-state index is -3.68. The first-order valence-corrected chi connectivity index (χ1v) is 8.61. The topological polar surface area (TPSA) is 84.5 Å². The molecule has 2 aromatic carbocycles. The maximum absolute atomic E-state index is 12.4. The smallest absolute Gasteiger partial charge is 0.387 e. The lowest BCUT2D eigenvalue weighted by molar-refractivity contribution is -0.0498. The molecule has 0 aliphatic carbocycles. The summed E-state index contributed by atoms with van der Waals surface area (Å²) in [4.78, 5) is 12.4. The molecule has 6 nitrogen and oxygen atoms in total. The Labute approximate surface area is 143 Å². The third kappa shape index (κ3) is 4.74. The molecular weight excluding hydrogens is 354 g/mol. The predicted molar refractivity (Wildman–Crippen MR) is 88.5 cm³/mol. The quantitative estimate of drug-likeness (QED) is 0.819. The lowest BCUT2D eigenvalue weighted by Gasteiger charge is -2.11. The highest BCUT2D eigenvalue weighted by Gasteiger charge is 2.16. The Bertz CT molecular complexity index is 868. The Kier molecular flexibility index (Phi) is 5.70. The fourth-order valence-corrected chi connectivity index (χ4v) is 2.80. The molecule has 0 spiro atoms. The van der Waals surface area contributed by atoms with Gasteiger partial charge in [-0.2, -0.15) is 8.78 Å². The van der Waals surface area contributed by atoms with E-state index in [1.807, 2.05) is 0 Å². The summed E-state index contributed by atoms with van der Waals surface area (Å²) >= 11 is 0. The monoisotopic (exact) mass is 370 g/mol. The molecule has 2 aromatic rings. The summed E-state index contributed by atoms with van der Waals surface area (Å²) in [5.41, 5.74) is 1.13. The molecule has 0 aromatic heterocycles. The van der Waals surface area contributed by atoms with Crippen LogP contribution >= 0.6 is 0 Å². The Hall–Kier alpha value is -2.52. The van der Waals surface area contributed by atoms with E-state index < -0.39 is 22.5 Å². The van der Waals surface area contributed by atoms with Crippen molar-refractivity contribution in [3.8, 4) is 5.75 Å². The van der Waals surface area contributed by atoms with E-state index in [0.717, 1.165) is 0 Å². The molecule has 2 rings (SSSR count). The summed E-state index contributed by atoms with van der Waals surface area (Å²) in [5.74, 6) is -0.556. The van der Waals surface area contributed by atoms with Gasteiger partial charge in [-0.1, -0.05) is 6.07 Å². The molecule has 0 saturated heterocycles. The minimum Gasteiger partial charge on any atom is -0.435 e. The molecule has 0 radical (unpaired) electrons. The van der Waals surface area contributed by atoms with Crippen molar-refractivity contribution in [2.24, 2.45) is 0 Å². The molecule has 0 bridgehead atoms. The van der Waals surface area contributed by atoms with Gasteiger partial charge in [0.05, 0.1) is 4.90 Å². The van der Waals surface area contributed by atoms with Gasteiger partial charge >= 0.3 is 6.61 Å². The van der Waals surface area contributed by atoms with E-state index in [1.165, 1.54) is 49.5 Å². The first-order valence-electron chi connectivity index (χ1n) is 7.13. The molecule has 0 heterocycles. The van der Waals surface area contributed by atoms with E-state index in [0.29, 0.717) is 11.3 Å². The van der Waals surface area contributed by atoms with Crippen LogP contribution < -0.4 is 14.8 Å². The molecule has 0 aliphatic rings. The Morgan fingerprint density at radius 2 is 1.76 bits per heavy atom. The summed E-state index contributed by atoms with van der Waals surface area (Å²) < 4.78 is 54.3. The van der Waals surface area contributed by atoms with Gasteiger partial charge in [-0.25, -0.2) is 13.1 Å². The summed E-state index contributed by atoms with van der Waals surface area (Å²) in [6.07, 6.45) is 0. The van der Waals surface area contributed by atoms with E-state index in [-0.39, 0.29) is 16.2 Å². The molecule has 134 valence electrons. The van der Waals surface area contributed by atoms with Crippen LogP contribution in [0.4, 0.5) is 14.5 Å². The molecule has 25 heavy (non-hydrogen) atoms. The first-order chi connectivity index (χ1) is 11.7. The van der Waals surface area contributed by atoms with Gasteiger partial charge < -0.3 is 10.1 Å². The molecule has 0 saturated carbocycles. The predicted octanol–water partition coefficient (Wildman–Crippen LogP) is 2.76. The van der Waals surface area contributed by atoms with Crippen LogP contribution in [0.5, 0.6) is 5.75 Å². The van der Waals surface area contributed by atoms with Crippen LogP contribution in [0.2, 0.25) is 0 Å². The number of ether oxygens (including phenoxy) is 1. The lowest BCUT2D eigenvalue weighted by atomic mass is 10.1. The lowest BCUT2D eigenvalue weighted by Crippen LogP contribution is -2.20. The minimum absolute atomic E-state index is 0.0357. The molecule has 1 amide bonds. The van der Waals surface area contributed by atoms with Crippen molar-refractivity contribution in [1.29, 1.82) is 0 Å². The van der Waals surface area contributed by atoms with Crippen LogP contribution in [0.15, 0.2) is 47.4 Å². The number of hydrogen-bond acceptors (Lipinski definition) is 4. The summed E-state index contributed by atoms with van der Waals surface area (Å²) in [5, 5.41) is 2.58. The van der Waals surface area contributed by atoms with Gasteiger partial charge in [0.15, 0.2) is 0 Å². The average Bonchev–Trinajstić information content (AvgIpc) is 2.56. The number of anilines is 1. The van der Waals surface area contributed by atoms with E-state index in [2.05, 4.69) is 14.8 Å². The van der Waals surface area contributed by atoms with Crippen LogP contribution in [0, 0.1) is 6.92 Å². The van der Waals surface area contributed by atoms with Crippen LogP contribution in [0.3, 0.4) is 0 Å². The first kappa shape index (κ1) is 18.8. The number of carbonyl (C=O) groups is 1. The van der Waals surface area contributed by atoms with Gasteiger partial charge in [0, 0.05) is 11.3 Å². The number of carbonyl (C=O) groups excluding carboxylic acids is 1. The molecule has 0 unspecified atom stereocenters. The molecular formula is C16H16F2N2O4S. The maximum atomic E-state index is 12.4. The van der Waals surface area contributed by atoms with E-state index in [9.17, 15) is 22.0 Å². The van der Waals surface area contributed by atoms with Crippen molar-refractivity contribution < 1.29 is 26.7 Å². The van der Waals surface area contributed by atoms with Crippen LogP contribution in [0.1, 0.15) is 15.9 Å². The number of halogens is 2. The number of alkyl halides is 2. The third-order valence-electron chi connectivity index (χ3n) is 3.37. The number of aryl methyl sites for hydroxylation is 1. The highest BCUT2D eigenvalue weighted by atomic mass is 32.2. The second-order valence-electron chi connectivity index (χ2n) is 5.04. The summed E-state index contributed by atoms with van der Waals surface area (Å²) in [6, 6.07) is 9.57. The average molecular weight is 370 g/mol. The van der Waals surface area contributed by atoms with Gasteiger partial charge in [-0.05, 0) is 55.9 Å². The molecule has 0 fully saturated rings. The van der Waals surface area contributed by atoms with Gasteiger partial charge in [-0.3, -0.25) is 4.79 Å². The Morgan fingerprint density at radius 1 is 1.12 bits per heavy atom. The van der Waals surface area contributed by atoms with E-state index in [1.54, 1.807) is 6.92 Å². The van der Waals surface area contributed by atoms with Gasteiger partial charge in [0.25, 0.3) is 5.91 Å². The fourth-order valence-electron chi connectivity index (χ4n) is 2.05. The fraction of sp³-hybridized carbons (Fsp3) is 0.188. The zero-order valence-electron chi connectivity index (χ0n) is 13.4. The summed E-state index contributed by atoms with van der Waals surface area (Å²) in [6.45, 7) is -1.26. The maximum Gasteiger partial charge on any atom is 0.387 e. The normalized spacial score (nSPS) is 11.4. The van der Waals surface area contributed by atoms with Crippen molar-refractivity contribution >= 4 is 21.6 Å². The highest BCUT2D eigenvalue weighted by molar-refractivity contribution is 7.89. The number of benzene rings is 2. The number of amides is 1. The number of sulfonamides is 1. The largest absolute Gasteiger partial charge is 0.435 e. The van der Waals surface area contributed by atoms with Crippen molar-refractivity contribution in [2.75, 3.05) is 12.4 Å². The molecule has 2 N–H and O–H groups in total. The van der Waals surface area contributed by atoms with Crippen LogP contribution in [0.25, 0.3) is 0 Å². The third-order valence-corrected chi connectivity index (χ3v) is 4.78. The van der Waals surface area contributed by atoms with Gasteiger partial charge in [0.1, 0.15) is 5.75 Å². The standard InChI is InChI=1S/C16H16F2N2O4S/c1-10-3-8-13(25(22,23)19-2)9-14(10)15(21)20-11-4-6-12(7-5-11)24-16(17)18/h3-9,16,19H,1-2H3,(H,20,21). The van der Waals surface area contributed by atoms with E-state index in [4.69, 9.17) is 0 Å². The SMILES string of the molecule is CNS(=O)(=O)c1ccc(C)c(C(=O)Nc2ccc(OC(F)F)cc2)c1. The van der Waals surface area contributed by atoms with Gasteiger partial charge in [-0.15, -0.1) is 0 Å². The molecule has 0 aliphatic heterocycles. The Morgan fingerprint density at radius 3 is 2.32 bits per heavy atom. The number of hydrogen-bond donors (Lipinski definition) is 2. The Balaban J connectivity index is 2.22. The molecule has 9 heteroatoms. The summed E-state index contributed by atoms with van der Waals surface area (Å²) in [7, 11) is -2.40. The van der Waals surface area contributed by atoms with Gasteiger partial charge in [0.2, 0.25) is 10.0 Å². The molecule has 0 atom stereocenters. The van der Waals surface area contributed by atoms with Crippen molar-refractivity contribution in [3.05, 3.63) is 53.6 Å². The highest BCUT2D eigenvalue weighted by Crippen LogP contribution is 2.20. The second kappa shape index (κ2) is 7.58. The zero-order chi connectivity index (χ0) is 18.6. The number of nitrogens with one attached hydrogen (secondary N) is 2. The van der Waals surface area contributed by atoms with Crippen molar-refractivity contribution in [2.45, 2.75) is 18.4 Å². The van der Waals surface area contributed by atoms with Crippen molar-refractivity contribution in [1.82, 2.24) is 4.72 Å². The zero-order valence-corrected chi connectivity index (χ0v) is 14.2. The second-order valence-corrected chi connectivity index (χ2v) is 6.93. The van der Waals surface area contributed by atoms with E-state index >= 15 is 0 Å². The number of rotatable bonds is 6. The van der Waals surface area contributed by atoms with Crippen LogP contribution in [-0.2, 0) is 10.0 Å². The van der Waals surface area contributed by atoms with Crippen molar-refractivity contribution in [3.63, 3.8) is 0 Å². The van der Waals surface area contributed by atoms with Crippen LogP contribution in [-0.4, -0.2) is 28.0 Å².